The van der Waals surface area contributed by atoms with Gasteiger partial charge in [0.05, 0.1) is 5.39 Å². The summed E-state index contributed by atoms with van der Waals surface area (Å²) in [5.41, 5.74) is 5.48. The van der Waals surface area contributed by atoms with Crippen LogP contribution in [0.2, 0.25) is 0 Å². The van der Waals surface area contributed by atoms with E-state index in [9.17, 15) is 0 Å². The zero-order valence-corrected chi connectivity index (χ0v) is 10.9. The highest BCUT2D eigenvalue weighted by Crippen LogP contribution is 2.25. The second-order valence-corrected chi connectivity index (χ2v) is 5.00. The molecule has 0 aliphatic heterocycles. The lowest BCUT2D eigenvalue weighted by Crippen LogP contribution is -2.20. The lowest BCUT2D eigenvalue weighted by Gasteiger charge is -2.18. The van der Waals surface area contributed by atoms with E-state index in [2.05, 4.69) is 33.4 Å². The van der Waals surface area contributed by atoms with Gasteiger partial charge in [0.2, 0.25) is 0 Å². The van der Waals surface area contributed by atoms with Gasteiger partial charge in [-0.15, -0.1) is 11.3 Å². The molecule has 0 amide bonds. The van der Waals surface area contributed by atoms with E-state index in [1.165, 1.54) is 6.42 Å². The van der Waals surface area contributed by atoms with Crippen LogP contribution in [0.25, 0.3) is 10.2 Å². The molecule has 0 bridgehead atoms. The summed E-state index contributed by atoms with van der Waals surface area (Å²) in [6.45, 7) is 1.80. The van der Waals surface area contributed by atoms with Crippen molar-refractivity contribution in [2.24, 2.45) is 5.73 Å². The Morgan fingerprint density at radius 2 is 2.18 bits per heavy atom. The zero-order chi connectivity index (χ0) is 12.1. The van der Waals surface area contributed by atoms with E-state index in [1.54, 1.807) is 17.7 Å². The van der Waals surface area contributed by atoms with Crippen molar-refractivity contribution in [2.75, 3.05) is 25.0 Å². The highest BCUT2D eigenvalue weighted by molar-refractivity contribution is 7.16. The maximum Gasteiger partial charge on any atom is 0.140 e. The quantitative estimate of drug-likeness (QED) is 0.799. The number of unbranched alkanes of at least 4 members (excludes halogenated alkanes) is 2. The monoisotopic (exact) mass is 250 g/mol. The molecule has 4 nitrogen and oxygen atoms in total. The third-order valence-electron chi connectivity index (χ3n) is 2.80. The van der Waals surface area contributed by atoms with Crippen LogP contribution < -0.4 is 10.6 Å². The first-order valence-electron chi connectivity index (χ1n) is 5.92. The summed E-state index contributed by atoms with van der Waals surface area (Å²) in [4.78, 5) is 11.9. The second-order valence-electron chi connectivity index (χ2n) is 4.11. The largest absolute Gasteiger partial charge is 0.359 e. The van der Waals surface area contributed by atoms with E-state index < -0.39 is 0 Å². The Hall–Kier alpha value is -1.20. The van der Waals surface area contributed by atoms with E-state index in [0.29, 0.717) is 0 Å². The van der Waals surface area contributed by atoms with Crippen LogP contribution in [0.5, 0.6) is 0 Å². The first kappa shape index (κ1) is 12.3. The lowest BCUT2D eigenvalue weighted by atomic mass is 10.2. The average Bonchev–Trinajstić information content (AvgIpc) is 2.82. The van der Waals surface area contributed by atoms with Gasteiger partial charge in [-0.1, -0.05) is 6.42 Å². The van der Waals surface area contributed by atoms with Gasteiger partial charge in [0.1, 0.15) is 17.0 Å². The minimum absolute atomic E-state index is 0.784. The van der Waals surface area contributed by atoms with Crippen LogP contribution in [0.1, 0.15) is 19.3 Å². The van der Waals surface area contributed by atoms with Gasteiger partial charge < -0.3 is 10.6 Å². The third-order valence-corrected chi connectivity index (χ3v) is 3.62. The zero-order valence-electron chi connectivity index (χ0n) is 10.1. The van der Waals surface area contributed by atoms with Crippen molar-refractivity contribution >= 4 is 27.4 Å². The van der Waals surface area contributed by atoms with Crippen molar-refractivity contribution in [3.05, 3.63) is 17.8 Å². The number of fused-ring (bicyclic) bond motifs is 1. The Morgan fingerprint density at radius 1 is 1.29 bits per heavy atom. The van der Waals surface area contributed by atoms with Crippen LogP contribution >= 0.6 is 11.3 Å². The number of rotatable bonds is 6. The summed E-state index contributed by atoms with van der Waals surface area (Å²) in [6.07, 6.45) is 5.08. The number of thiophene rings is 1. The number of aromatic nitrogens is 2. The molecule has 2 heterocycles. The van der Waals surface area contributed by atoms with Crippen LogP contribution in [-0.2, 0) is 0 Å². The van der Waals surface area contributed by atoms with Gasteiger partial charge in [0.25, 0.3) is 0 Å². The van der Waals surface area contributed by atoms with Crippen molar-refractivity contribution < 1.29 is 0 Å². The highest BCUT2D eigenvalue weighted by atomic mass is 32.1. The summed E-state index contributed by atoms with van der Waals surface area (Å²) in [5.74, 6) is 1.03. The Morgan fingerprint density at radius 3 is 3.00 bits per heavy atom. The average molecular weight is 250 g/mol. The predicted octanol–water partition coefficient (Wildman–Crippen LogP) is 2.26. The van der Waals surface area contributed by atoms with Gasteiger partial charge >= 0.3 is 0 Å². The van der Waals surface area contributed by atoms with Gasteiger partial charge in [-0.3, -0.25) is 0 Å². The minimum atomic E-state index is 0.784. The molecule has 2 N–H and O–H groups in total. The predicted molar refractivity (Wildman–Crippen MR) is 73.6 cm³/mol. The second kappa shape index (κ2) is 5.93. The molecule has 0 fully saturated rings. The molecule has 0 saturated carbocycles. The van der Waals surface area contributed by atoms with Crippen molar-refractivity contribution in [1.82, 2.24) is 9.97 Å². The van der Waals surface area contributed by atoms with Crippen LogP contribution in [0, 0.1) is 0 Å². The molecule has 0 saturated heterocycles. The van der Waals surface area contributed by atoms with E-state index >= 15 is 0 Å². The number of hydrogen-bond acceptors (Lipinski definition) is 5. The van der Waals surface area contributed by atoms with Gasteiger partial charge in [-0.05, 0) is 30.8 Å². The maximum atomic E-state index is 5.48. The summed E-state index contributed by atoms with van der Waals surface area (Å²) < 4.78 is 0. The Kier molecular flexibility index (Phi) is 4.28. The molecular weight excluding hydrogens is 232 g/mol. The molecule has 5 heteroatoms. The van der Waals surface area contributed by atoms with E-state index in [4.69, 9.17) is 5.73 Å². The van der Waals surface area contributed by atoms with Crippen LogP contribution in [-0.4, -0.2) is 30.1 Å². The normalized spacial score (nSPS) is 10.9. The first-order chi connectivity index (χ1) is 8.33. The smallest absolute Gasteiger partial charge is 0.140 e. The van der Waals surface area contributed by atoms with Crippen LogP contribution in [0.3, 0.4) is 0 Å². The molecule has 92 valence electrons. The van der Waals surface area contributed by atoms with Crippen molar-refractivity contribution in [3.8, 4) is 0 Å². The molecule has 2 rings (SSSR count). The van der Waals surface area contributed by atoms with Gasteiger partial charge in [0.15, 0.2) is 0 Å². The van der Waals surface area contributed by atoms with Gasteiger partial charge in [0, 0.05) is 13.6 Å². The number of anilines is 1. The number of nitrogens with zero attached hydrogens (tertiary/aromatic N) is 3. The van der Waals surface area contributed by atoms with E-state index in [1.807, 2.05) is 0 Å². The fourth-order valence-corrected chi connectivity index (χ4v) is 2.58. The molecular formula is C12H18N4S. The highest BCUT2D eigenvalue weighted by Gasteiger charge is 2.08. The molecule has 0 radical (unpaired) electrons. The maximum absolute atomic E-state index is 5.48. The first-order valence-corrected chi connectivity index (χ1v) is 6.80. The molecule has 2 aromatic rings. The topological polar surface area (TPSA) is 55.0 Å². The molecule has 0 spiro atoms. The number of hydrogen-bond donors (Lipinski definition) is 1. The Balaban J connectivity index is 2.03. The third kappa shape index (κ3) is 2.92. The number of nitrogens with two attached hydrogens (primary N) is 1. The van der Waals surface area contributed by atoms with Gasteiger partial charge in [-0.25, -0.2) is 9.97 Å². The van der Waals surface area contributed by atoms with Crippen LogP contribution in [0.4, 0.5) is 5.82 Å². The molecule has 0 aliphatic carbocycles. The minimum Gasteiger partial charge on any atom is -0.359 e. The van der Waals surface area contributed by atoms with E-state index in [0.717, 1.165) is 42.0 Å². The molecule has 2 aromatic heterocycles. The molecule has 17 heavy (non-hydrogen) atoms. The fraction of sp³-hybridized carbons (Fsp3) is 0.500. The molecule has 0 aliphatic rings. The summed E-state index contributed by atoms with van der Waals surface area (Å²) in [6, 6.07) is 2.09. The van der Waals surface area contributed by atoms with Gasteiger partial charge in [-0.2, -0.15) is 0 Å². The van der Waals surface area contributed by atoms with Crippen molar-refractivity contribution in [3.63, 3.8) is 0 Å². The van der Waals surface area contributed by atoms with E-state index in [-0.39, 0.29) is 0 Å². The summed E-state index contributed by atoms with van der Waals surface area (Å²) in [5, 5.41) is 3.21. The van der Waals surface area contributed by atoms with Crippen molar-refractivity contribution in [1.29, 1.82) is 0 Å². The Labute approximate surface area is 105 Å². The molecule has 0 unspecified atom stereocenters. The Bertz CT molecular complexity index is 468. The fourth-order valence-electron chi connectivity index (χ4n) is 1.86. The SMILES string of the molecule is CN(CCCCCN)c1ncnc2sccc12. The molecule has 0 aromatic carbocycles. The summed E-state index contributed by atoms with van der Waals surface area (Å²) in [7, 11) is 2.09. The van der Waals surface area contributed by atoms with Crippen LogP contribution in [0.15, 0.2) is 17.8 Å². The standard InChI is InChI=1S/C12H18N4S/c1-16(7-4-2-3-6-13)11-10-5-8-17-12(10)15-9-14-11/h5,8-9H,2-4,6-7,13H2,1H3. The molecule has 0 atom stereocenters. The lowest BCUT2D eigenvalue weighted by molar-refractivity contribution is 0.677. The summed E-state index contributed by atoms with van der Waals surface area (Å²) >= 11 is 1.66. The van der Waals surface area contributed by atoms with Crippen molar-refractivity contribution in [2.45, 2.75) is 19.3 Å².